The number of alkyl halides is 3. The van der Waals surface area contributed by atoms with Crippen LogP contribution in [0.1, 0.15) is 41.2 Å². The SMILES string of the molecule is O=C(O)CCc1ccc(OC2CCc3cc(-c4ccc(C(F)(F)F)cc4)ccc32)cc1. The molecule has 0 spiro atoms. The molecule has 1 aliphatic carbocycles. The minimum Gasteiger partial charge on any atom is -0.486 e. The van der Waals surface area contributed by atoms with Crippen LogP contribution in [0.25, 0.3) is 11.1 Å². The molecule has 1 aliphatic rings. The van der Waals surface area contributed by atoms with Crippen molar-refractivity contribution in [2.75, 3.05) is 0 Å². The number of aryl methyl sites for hydroxylation is 2. The molecule has 1 N–H and O–H groups in total. The Kier molecular flexibility index (Phi) is 5.72. The zero-order chi connectivity index (χ0) is 22.0. The van der Waals surface area contributed by atoms with E-state index in [4.69, 9.17) is 9.84 Å². The quantitative estimate of drug-likeness (QED) is 0.492. The number of hydrogen-bond donors (Lipinski definition) is 1. The summed E-state index contributed by atoms with van der Waals surface area (Å²) in [6, 6.07) is 18.6. The first-order valence-electron chi connectivity index (χ1n) is 10.1. The van der Waals surface area contributed by atoms with E-state index in [9.17, 15) is 18.0 Å². The van der Waals surface area contributed by atoms with Gasteiger partial charge in [-0.1, -0.05) is 42.5 Å². The molecule has 0 heterocycles. The zero-order valence-electron chi connectivity index (χ0n) is 16.7. The standard InChI is InChI=1S/C25H21F3O3/c26-25(27,28)20-8-4-17(5-9-20)18-6-12-22-19(15-18)7-13-23(22)31-21-10-1-16(2-11-21)3-14-24(29)30/h1-2,4-6,8-12,15,23H,3,7,13-14H2,(H,29,30). The number of aliphatic carboxylic acids is 1. The molecule has 0 amide bonds. The van der Waals surface area contributed by atoms with Gasteiger partial charge in [0.1, 0.15) is 11.9 Å². The molecule has 3 aromatic carbocycles. The molecule has 1 unspecified atom stereocenters. The molecule has 31 heavy (non-hydrogen) atoms. The van der Waals surface area contributed by atoms with Crippen molar-refractivity contribution < 1.29 is 27.8 Å². The van der Waals surface area contributed by atoms with Gasteiger partial charge < -0.3 is 9.84 Å². The second-order valence-corrected chi connectivity index (χ2v) is 7.67. The molecule has 6 heteroatoms. The third-order valence-corrected chi connectivity index (χ3v) is 5.54. The van der Waals surface area contributed by atoms with Gasteiger partial charge in [-0.15, -0.1) is 0 Å². The normalized spacial score (nSPS) is 15.5. The van der Waals surface area contributed by atoms with Crippen molar-refractivity contribution in [3.63, 3.8) is 0 Å². The highest BCUT2D eigenvalue weighted by Gasteiger charge is 2.30. The molecule has 0 fully saturated rings. The molecular formula is C25H21F3O3. The molecule has 0 aromatic heterocycles. The predicted molar refractivity (Wildman–Crippen MR) is 111 cm³/mol. The summed E-state index contributed by atoms with van der Waals surface area (Å²) in [5.41, 5.74) is 4.15. The van der Waals surface area contributed by atoms with E-state index in [1.807, 2.05) is 42.5 Å². The van der Waals surface area contributed by atoms with Gasteiger partial charge in [-0.25, -0.2) is 0 Å². The Bertz CT molecular complexity index is 1070. The number of fused-ring (bicyclic) bond motifs is 1. The summed E-state index contributed by atoms with van der Waals surface area (Å²) in [7, 11) is 0. The van der Waals surface area contributed by atoms with Crippen LogP contribution in [-0.2, 0) is 23.8 Å². The predicted octanol–water partition coefficient (Wildman–Crippen LogP) is 6.46. The lowest BCUT2D eigenvalue weighted by Gasteiger charge is -2.16. The van der Waals surface area contributed by atoms with E-state index in [1.165, 1.54) is 12.1 Å². The first kappa shape index (κ1) is 21.0. The third-order valence-electron chi connectivity index (χ3n) is 5.54. The van der Waals surface area contributed by atoms with E-state index in [0.717, 1.165) is 58.5 Å². The maximum Gasteiger partial charge on any atom is 0.416 e. The van der Waals surface area contributed by atoms with Gasteiger partial charge >= 0.3 is 12.1 Å². The number of rotatable bonds is 6. The van der Waals surface area contributed by atoms with Gasteiger partial charge in [-0.2, -0.15) is 13.2 Å². The van der Waals surface area contributed by atoms with Crippen LogP contribution in [0.5, 0.6) is 5.75 Å². The number of carboxylic acid groups (broad SMARTS) is 1. The lowest BCUT2D eigenvalue weighted by atomic mass is 9.99. The topological polar surface area (TPSA) is 46.5 Å². The Morgan fingerprint density at radius 3 is 2.29 bits per heavy atom. The Labute approximate surface area is 178 Å². The second-order valence-electron chi connectivity index (χ2n) is 7.67. The molecule has 0 saturated carbocycles. The van der Waals surface area contributed by atoms with Crippen LogP contribution in [0.4, 0.5) is 13.2 Å². The Morgan fingerprint density at radius 2 is 1.65 bits per heavy atom. The lowest BCUT2D eigenvalue weighted by Crippen LogP contribution is -2.04. The lowest BCUT2D eigenvalue weighted by molar-refractivity contribution is -0.138. The fourth-order valence-corrected chi connectivity index (χ4v) is 3.88. The second kappa shape index (κ2) is 8.46. The maximum absolute atomic E-state index is 12.8. The van der Waals surface area contributed by atoms with Crippen LogP contribution in [0, 0.1) is 0 Å². The van der Waals surface area contributed by atoms with Gasteiger partial charge in [0.15, 0.2) is 0 Å². The molecule has 4 rings (SSSR count). The largest absolute Gasteiger partial charge is 0.486 e. The molecule has 1 atom stereocenters. The smallest absolute Gasteiger partial charge is 0.416 e. The Morgan fingerprint density at radius 1 is 0.968 bits per heavy atom. The van der Waals surface area contributed by atoms with Crippen molar-refractivity contribution in [1.82, 2.24) is 0 Å². The molecule has 0 saturated heterocycles. The summed E-state index contributed by atoms with van der Waals surface area (Å²) in [5, 5.41) is 8.78. The molecular weight excluding hydrogens is 405 g/mol. The first-order valence-corrected chi connectivity index (χ1v) is 10.1. The van der Waals surface area contributed by atoms with Crippen LogP contribution in [0.15, 0.2) is 66.7 Å². The molecule has 3 nitrogen and oxygen atoms in total. The van der Waals surface area contributed by atoms with Gasteiger partial charge in [0.2, 0.25) is 0 Å². The minimum atomic E-state index is -4.34. The van der Waals surface area contributed by atoms with E-state index in [0.29, 0.717) is 6.42 Å². The average molecular weight is 426 g/mol. The molecule has 160 valence electrons. The molecule has 0 bridgehead atoms. The number of halogens is 3. The summed E-state index contributed by atoms with van der Waals surface area (Å²) in [4.78, 5) is 10.7. The van der Waals surface area contributed by atoms with Crippen LogP contribution < -0.4 is 4.74 Å². The highest BCUT2D eigenvalue weighted by molar-refractivity contribution is 5.67. The Balaban J connectivity index is 1.45. The zero-order valence-corrected chi connectivity index (χ0v) is 16.7. The fraction of sp³-hybridized carbons (Fsp3) is 0.240. The highest BCUT2D eigenvalue weighted by Crippen LogP contribution is 2.38. The van der Waals surface area contributed by atoms with Gasteiger partial charge in [0.05, 0.1) is 5.56 Å². The van der Waals surface area contributed by atoms with Crippen LogP contribution >= 0.6 is 0 Å². The van der Waals surface area contributed by atoms with Crippen molar-refractivity contribution >= 4 is 5.97 Å². The number of carboxylic acids is 1. The van der Waals surface area contributed by atoms with Crippen molar-refractivity contribution in [2.24, 2.45) is 0 Å². The number of carbonyl (C=O) groups is 1. The van der Waals surface area contributed by atoms with Gasteiger partial charge in [0, 0.05) is 6.42 Å². The van der Waals surface area contributed by atoms with Crippen LogP contribution in [-0.4, -0.2) is 11.1 Å². The number of ether oxygens (including phenoxy) is 1. The maximum atomic E-state index is 12.8. The number of hydrogen-bond acceptors (Lipinski definition) is 2. The summed E-state index contributed by atoms with van der Waals surface area (Å²) in [6.45, 7) is 0. The van der Waals surface area contributed by atoms with Gasteiger partial charge in [0.25, 0.3) is 0 Å². The third kappa shape index (κ3) is 4.90. The molecule has 0 aliphatic heterocycles. The van der Waals surface area contributed by atoms with Crippen LogP contribution in [0.2, 0.25) is 0 Å². The van der Waals surface area contributed by atoms with Crippen molar-refractivity contribution in [3.8, 4) is 16.9 Å². The summed E-state index contributed by atoms with van der Waals surface area (Å²) in [5.74, 6) is -0.0951. The van der Waals surface area contributed by atoms with E-state index < -0.39 is 17.7 Å². The summed E-state index contributed by atoms with van der Waals surface area (Å²) in [6.07, 6.45) is -2.18. The minimum absolute atomic E-state index is 0.0819. The van der Waals surface area contributed by atoms with E-state index >= 15 is 0 Å². The molecule has 3 aromatic rings. The fourth-order valence-electron chi connectivity index (χ4n) is 3.88. The first-order chi connectivity index (χ1) is 14.8. The van der Waals surface area contributed by atoms with Crippen molar-refractivity contribution in [2.45, 2.75) is 38.0 Å². The Hall–Kier alpha value is -3.28. The van der Waals surface area contributed by atoms with E-state index in [2.05, 4.69) is 0 Å². The number of benzene rings is 3. The highest BCUT2D eigenvalue weighted by atomic mass is 19.4. The van der Waals surface area contributed by atoms with E-state index in [1.54, 1.807) is 0 Å². The monoisotopic (exact) mass is 426 g/mol. The summed E-state index contributed by atoms with van der Waals surface area (Å²) >= 11 is 0. The summed E-state index contributed by atoms with van der Waals surface area (Å²) < 4.78 is 44.5. The van der Waals surface area contributed by atoms with Crippen molar-refractivity contribution in [1.29, 1.82) is 0 Å². The van der Waals surface area contributed by atoms with Gasteiger partial charge in [-0.05, 0) is 71.3 Å². The van der Waals surface area contributed by atoms with Crippen molar-refractivity contribution in [3.05, 3.63) is 89.0 Å². The van der Waals surface area contributed by atoms with Gasteiger partial charge in [-0.3, -0.25) is 4.79 Å². The average Bonchev–Trinajstić information content (AvgIpc) is 3.14. The van der Waals surface area contributed by atoms with E-state index in [-0.39, 0.29) is 12.5 Å². The molecule has 0 radical (unpaired) electrons. The van der Waals surface area contributed by atoms with Crippen LogP contribution in [0.3, 0.4) is 0 Å².